The normalized spacial score (nSPS) is 22.2. The van der Waals surface area contributed by atoms with Crippen LogP contribution in [0.15, 0.2) is 60.7 Å². The third kappa shape index (κ3) is 5.74. The zero-order valence-corrected chi connectivity index (χ0v) is 26.9. The standard InChI is InChI=1S/C34H45N2OPS/c1-10-31-32(11-2)36(34-27(7)21-24(4)22-28(34)8)38(37,35(31)33-25(5)19-23(3)20-26(33)6)39-29(9)17-18-30-15-13-12-14-16-30/h12-22,29,31-32H,10-11H2,1-9H3/b18-17+. The summed E-state index contributed by atoms with van der Waals surface area (Å²) in [5, 5.41) is 0.0614. The molecule has 1 aliphatic rings. The minimum absolute atomic E-state index is 0.0614. The first-order chi connectivity index (χ1) is 18.5. The summed E-state index contributed by atoms with van der Waals surface area (Å²) in [5.41, 5.74) is 10.8. The average molecular weight is 561 g/mol. The Labute approximate surface area is 240 Å². The minimum Gasteiger partial charge on any atom is -0.293 e. The molecule has 0 N–H and O–H groups in total. The molecule has 3 aromatic rings. The fourth-order valence-corrected chi connectivity index (χ4v) is 13.4. The van der Waals surface area contributed by atoms with Gasteiger partial charge in [0.25, 0.3) is 0 Å². The lowest BCUT2D eigenvalue weighted by atomic mass is 9.97. The molecule has 3 atom stereocenters. The van der Waals surface area contributed by atoms with E-state index in [2.05, 4.69) is 132 Å². The van der Waals surface area contributed by atoms with Gasteiger partial charge in [0, 0.05) is 5.25 Å². The molecule has 0 aliphatic carbocycles. The second kappa shape index (κ2) is 12.0. The van der Waals surface area contributed by atoms with Crippen LogP contribution in [0.4, 0.5) is 11.4 Å². The minimum atomic E-state index is -3.16. The molecule has 1 aliphatic heterocycles. The van der Waals surface area contributed by atoms with Gasteiger partial charge in [0.05, 0.1) is 23.5 Å². The second-order valence-corrected chi connectivity index (χ2v) is 16.1. The maximum atomic E-state index is 16.0. The molecule has 0 radical (unpaired) electrons. The zero-order chi connectivity index (χ0) is 28.5. The van der Waals surface area contributed by atoms with Crippen molar-refractivity contribution < 1.29 is 4.57 Å². The van der Waals surface area contributed by atoms with Gasteiger partial charge in [-0.1, -0.05) is 91.7 Å². The van der Waals surface area contributed by atoms with E-state index in [4.69, 9.17) is 0 Å². The molecule has 5 heteroatoms. The lowest BCUT2D eigenvalue weighted by Crippen LogP contribution is -2.37. The van der Waals surface area contributed by atoms with Crippen LogP contribution in [0.5, 0.6) is 0 Å². The highest BCUT2D eigenvalue weighted by Gasteiger charge is 2.56. The Morgan fingerprint density at radius 3 is 1.56 bits per heavy atom. The van der Waals surface area contributed by atoms with Gasteiger partial charge < -0.3 is 0 Å². The summed E-state index contributed by atoms with van der Waals surface area (Å²) >= 11 is 1.64. The van der Waals surface area contributed by atoms with Crippen LogP contribution in [-0.2, 0) is 4.57 Å². The maximum Gasteiger partial charge on any atom is 0.320 e. The van der Waals surface area contributed by atoms with Gasteiger partial charge in [-0.25, -0.2) is 0 Å². The predicted octanol–water partition coefficient (Wildman–Crippen LogP) is 10.4. The van der Waals surface area contributed by atoms with Gasteiger partial charge in [0.1, 0.15) is 0 Å². The lowest BCUT2D eigenvalue weighted by Gasteiger charge is -2.37. The van der Waals surface area contributed by atoms with E-state index in [1.54, 1.807) is 11.4 Å². The van der Waals surface area contributed by atoms with Crippen LogP contribution in [0.1, 0.15) is 72.6 Å². The molecule has 1 fully saturated rings. The molecule has 0 spiro atoms. The summed E-state index contributed by atoms with van der Waals surface area (Å²) in [5.74, 6) is 0. The highest BCUT2D eigenvalue weighted by atomic mass is 32.7. The van der Waals surface area contributed by atoms with Crippen molar-refractivity contribution in [3.05, 3.63) is 99.6 Å². The van der Waals surface area contributed by atoms with E-state index in [0.29, 0.717) is 0 Å². The Kier molecular flexibility index (Phi) is 9.08. The molecule has 3 unspecified atom stereocenters. The van der Waals surface area contributed by atoms with Crippen LogP contribution < -0.4 is 9.34 Å². The van der Waals surface area contributed by atoms with E-state index in [-0.39, 0.29) is 17.3 Å². The Morgan fingerprint density at radius 2 is 1.18 bits per heavy atom. The van der Waals surface area contributed by atoms with Crippen molar-refractivity contribution in [1.29, 1.82) is 0 Å². The van der Waals surface area contributed by atoms with E-state index in [9.17, 15) is 0 Å². The summed E-state index contributed by atoms with van der Waals surface area (Å²) in [6, 6.07) is 19.7. The Hall–Kier alpha value is -2.42. The molecule has 3 nitrogen and oxygen atoms in total. The number of hydrogen-bond donors (Lipinski definition) is 0. The van der Waals surface area contributed by atoms with Gasteiger partial charge in [-0.05, 0) is 101 Å². The van der Waals surface area contributed by atoms with Gasteiger partial charge in [-0.15, -0.1) is 0 Å². The number of aryl methyl sites for hydroxylation is 6. The summed E-state index contributed by atoms with van der Waals surface area (Å²) in [7, 11) is 0. The lowest BCUT2D eigenvalue weighted by molar-refractivity contribution is 0.534. The van der Waals surface area contributed by atoms with E-state index in [0.717, 1.165) is 29.8 Å². The molecule has 39 heavy (non-hydrogen) atoms. The number of hydrogen-bond acceptors (Lipinski definition) is 2. The fourth-order valence-electron chi connectivity index (χ4n) is 6.51. The van der Waals surface area contributed by atoms with Crippen LogP contribution in [0.3, 0.4) is 0 Å². The smallest absolute Gasteiger partial charge is 0.293 e. The summed E-state index contributed by atoms with van der Waals surface area (Å²) in [4.78, 5) is 0. The maximum absolute atomic E-state index is 16.0. The molecule has 0 aromatic heterocycles. The fraction of sp³-hybridized carbons (Fsp3) is 0.412. The molecule has 0 saturated carbocycles. The Morgan fingerprint density at radius 1 is 0.769 bits per heavy atom. The van der Waals surface area contributed by atoms with Crippen molar-refractivity contribution in [1.82, 2.24) is 0 Å². The number of benzene rings is 3. The molecule has 1 saturated heterocycles. The highest BCUT2D eigenvalue weighted by Crippen LogP contribution is 2.74. The van der Waals surface area contributed by atoms with Crippen molar-refractivity contribution in [2.45, 2.75) is 92.5 Å². The van der Waals surface area contributed by atoms with Crippen LogP contribution >= 0.6 is 18.0 Å². The van der Waals surface area contributed by atoms with Crippen molar-refractivity contribution >= 4 is 35.5 Å². The second-order valence-electron chi connectivity index (χ2n) is 11.2. The number of anilines is 2. The van der Waals surface area contributed by atoms with Crippen molar-refractivity contribution in [2.75, 3.05) is 9.34 Å². The first-order valence-electron chi connectivity index (χ1n) is 14.3. The highest BCUT2D eigenvalue weighted by molar-refractivity contribution is 8.59. The quantitative estimate of drug-likeness (QED) is 0.256. The molecule has 0 amide bonds. The zero-order valence-electron chi connectivity index (χ0n) is 25.2. The number of rotatable bonds is 8. The van der Waals surface area contributed by atoms with Crippen molar-refractivity contribution in [2.24, 2.45) is 0 Å². The Bertz CT molecular complexity index is 1280. The van der Waals surface area contributed by atoms with E-state index in [1.807, 2.05) is 6.07 Å². The van der Waals surface area contributed by atoms with Crippen LogP contribution in [0.2, 0.25) is 0 Å². The molecular weight excluding hydrogens is 515 g/mol. The Balaban J connectivity index is 1.93. The molecule has 0 bridgehead atoms. The van der Waals surface area contributed by atoms with Gasteiger partial charge in [0.15, 0.2) is 0 Å². The van der Waals surface area contributed by atoms with Crippen LogP contribution in [0, 0.1) is 41.5 Å². The summed E-state index contributed by atoms with van der Waals surface area (Å²) in [6.45, 7) is 16.6. The first-order valence-corrected chi connectivity index (χ1v) is 17.4. The largest absolute Gasteiger partial charge is 0.320 e. The topological polar surface area (TPSA) is 23.6 Å². The number of nitrogens with zero attached hydrogens (tertiary/aromatic N) is 2. The van der Waals surface area contributed by atoms with E-state index >= 15 is 4.57 Å². The average Bonchev–Trinajstić information content (AvgIpc) is 3.09. The van der Waals surface area contributed by atoms with Gasteiger partial charge in [0.2, 0.25) is 0 Å². The monoisotopic (exact) mass is 560 g/mol. The predicted molar refractivity (Wildman–Crippen MR) is 175 cm³/mol. The first kappa shape index (κ1) is 29.6. The third-order valence-electron chi connectivity index (χ3n) is 7.85. The molecule has 208 valence electrons. The van der Waals surface area contributed by atoms with E-state index in [1.165, 1.54) is 33.4 Å². The molecular formula is C34H45N2OPS. The summed E-state index contributed by atoms with van der Waals surface area (Å²) in [6.07, 6.45) is 6.24. The SMILES string of the molecule is CCC1C(CC)N(c2c(C)cc(C)cc2C)P(=O)(SC(C)/C=C/c2ccccc2)N1c1c(C)cc(C)cc1C. The third-order valence-corrected chi connectivity index (χ3v) is 13.6. The van der Waals surface area contributed by atoms with E-state index < -0.39 is 6.65 Å². The van der Waals surface area contributed by atoms with Gasteiger partial charge in [-0.3, -0.25) is 13.9 Å². The molecule has 1 heterocycles. The van der Waals surface area contributed by atoms with Gasteiger partial charge in [-0.2, -0.15) is 0 Å². The molecule has 3 aromatic carbocycles. The van der Waals surface area contributed by atoms with Crippen molar-refractivity contribution in [3.63, 3.8) is 0 Å². The summed E-state index contributed by atoms with van der Waals surface area (Å²) < 4.78 is 20.7. The van der Waals surface area contributed by atoms with Crippen LogP contribution in [0.25, 0.3) is 6.08 Å². The molecule has 4 rings (SSSR count). The van der Waals surface area contributed by atoms with Crippen molar-refractivity contribution in [3.8, 4) is 0 Å². The van der Waals surface area contributed by atoms with Crippen LogP contribution in [-0.4, -0.2) is 17.3 Å². The van der Waals surface area contributed by atoms with Gasteiger partial charge >= 0.3 is 6.65 Å².